The van der Waals surface area contributed by atoms with Crippen molar-refractivity contribution in [2.45, 2.75) is 38.7 Å². The summed E-state index contributed by atoms with van der Waals surface area (Å²) >= 11 is 0. The first-order chi connectivity index (χ1) is 4.17. The lowest BCUT2D eigenvalue weighted by atomic mass is 9.74. The fraction of sp³-hybridized carbons (Fsp3) is 1.00. The quantitative estimate of drug-likeness (QED) is 0.554. The molecule has 9 heavy (non-hydrogen) atoms. The highest BCUT2D eigenvalue weighted by molar-refractivity contribution is 4.84. The van der Waals surface area contributed by atoms with Gasteiger partial charge in [-0.2, -0.15) is 0 Å². The first-order valence-corrected chi connectivity index (χ1v) is 3.72. The van der Waals surface area contributed by atoms with Gasteiger partial charge in [0.1, 0.15) is 0 Å². The molecule has 0 heterocycles. The lowest BCUT2D eigenvalue weighted by molar-refractivity contribution is -0.0552. The molecule has 0 N–H and O–H groups in total. The second-order valence-electron chi connectivity index (χ2n) is 3.44. The van der Waals surface area contributed by atoms with Crippen LogP contribution in [0.1, 0.15) is 33.1 Å². The van der Waals surface area contributed by atoms with Gasteiger partial charge in [-0.25, -0.2) is 0 Å². The zero-order valence-electron chi connectivity index (χ0n) is 6.61. The molecule has 0 aliphatic heterocycles. The Hall–Kier alpha value is -0.0400. The summed E-state index contributed by atoms with van der Waals surface area (Å²) in [5, 5.41) is 0. The van der Waals surface area contributed by atoms with Crippen LogP contribution in [0.15, 0.2) is 0 Å². The lowest BCUT2D eigenvalue weighted by Gasteiger charge is -2.39. The Labute approximate surface area is 57.4 Å². The van der Waals surface area contributed by atoms with E-state index >= 15 is 0 Å². The fourth-order valence-corrected chi connectivity index (χ4v) is 1.27. The standard InChI is InChI=1S/C8H16O/c1-8(2,9-3)7-5-4-6-7/h7H,4-6H2,1-3H3. The summed E-state index contributed by atoms with van der Waals surface area (Å²) in [5.74, 6) is 0.822. The van der Waals surface area contributed by atoms with Crippen LogP contribution >= 0.6 is 0 Å². The van der Waals surface area contributed by atoms with Gasteiger partial charge < -0.3 is 4.74 Å². The summed E-state index contributed by atoms with van der Waals surface area (Å²) in [6, 6.07) is 0. The summed E-state index contributed by atoms with van der Waals surface area (Å²) in [4.78, 5) is 0. The van der Waals surface area contributed by atoms with Crippen molar-refractivity contribution in [1.29, 1.82) is 0 Å². The number of methoxy groups -OCH3 is 1. The third-order valence-electron chi connectivity index (χ3n) is 2.61. The molecular weight excluding hydrogens is 112 g/mol. The largest absolute Gasteiger partial charge is 0.379 e. The lowest BCUT2D eigenvalue weighted by Crippen LogP contribution is -2.37. The minimum absolute atomic E-state index is 0.137. The molecule has 54 valence electrons. The monoisotopic (exact) mass is 128 g/mol. The zero-order chi connectivity index (χ0) is 6.91. The molecule has 0 unspecified atom stereocenters. The van der Waals surface area contributed by atoms with Gasteiger partial charge in [0.15, 0.2) is 0 Å². The van der Waals surface area contributed by atoms with Gasteiger partial charge in [-0.15, -0.1) is 0 Å². The van der Waals surface area contributed by atoms with Crippen molar-refractivity contribution in [3.05, 3.63) is 0 Å². The Morgan fingerprint density at radius 2 is 1.89 bits per heavy atom. The molecule has 0 saturated heterocycles. The van der Waals surface area contributed by atoms with Crippen molar-refractivity contribution in [1.82, 2.24) is 0 Å². The van der Waals surface area contributed by atoms with E-state index in [0.29, 0.717) is 0 Å². The molecule has 0 spiro atoms. The van der Waals surface area contributed by atoms with Crippen molar-refractivity contribution in [3.63, 3.8) is 0 Å². The molecular formula is C8H16O. The van der Waals surface area contributed by atoms with E-state index in [4.69, 9.17) is 4.74 Å². The third kappa shape index (κ3) is 1.26. The first-order valence-electron chi connectivity index (χ1n) is 3.72. The van der Waals surface area contributed by atoms with Crippen LogP contribution in [0.2, 0.25) is 0 Å². The maximum Gasteiger partial charge on any atom is 0.0650 e. The molecule has 0 amide bonds. The van der Waals surface area contributed by atoms with Crippen LogP contribution < -0.4 is 0 Å². The second-order valence-corrected chi connectivity index (χ2v) is 3.44. The van der Waals surface area contributed by atoms with Crippen LogP contribution in [0.3, 0.4) is 0 Å². The van der Waals surface area contributed by atoms with Crippen molar-refractivity contribution < 1.29 is 4.74 Å². The molecule has 1 saturated carbocycles. The summed E-state index contributed by atoms with van der Waals surface area (Å²) in [6.45, 7) is 4.35. The highest BCUT2D eigenvalue weighted by Crippen LogP contribution is 2.37. The van der Waals surface area contributed by atoms with Crippen molar-refractivity contribution in [2.75, 3.05) is 7.11 Å². The maximum atomic E-state index is 5.34. The van der Waals surface area contributed by atoms with E-state index in [2.05, 4.69) is 13.8 Å². The molecule has 1 fully saturated rings. The van der Waals surface area contributed by atoms with Crippen LogP contribution in [0.4, 0.5) is 0 Å². The van der Waals surface area contributed by atoms with Gasteiger partial charge in [-0.05, 0) is 32.6 Å². The minimum atomic E-state index is 0.137. The Balaban J connectivity index is 2.37. The van der Waals surface area contributed by atoms with Crippen LogP contribution in [-0.2, 0) is 4.74 Å². The van der Waals surface area contributed by atoms with E-state index in [9.17, 15) is 0 Å². The number of hydrogen-bond donors (Lipinski definition) is 0. The summed E-state index contributed by atoms with van der Waals surface area (Å²) in [6.07, 6.45) is 4.12. The average molecular weight is 128 g/mol. The molecule has 0 aromatic carbocycles. The van der Waals surface area contributed by atoms with E-state index in [1.807, 2.05) is 0 Å². The molecule has 0 radical (unpaired) electrons. The normalized spacial score (nSPS) is 21.7. The van der Waals surface area contributed by atoms with Gasteiger partial charge >= 0.3 is 0 Å². The molecule has 0 bridgehead atoms. The van der Waals surface area contributed by atoms with Crippen molar-refractivity contribution >= 4 is 0 Å². The Morgan fingerprint density at radius 3 is 2.00 bits per heavy atom. The molecule has 0 atom stereocenters. The van der Waals surface area contributed by atoms with Gasteiger partial charge in [-0.1, -0.05) is 6.42 Å². The van der Waals surface area contributed by atoms with Crippen LogP contribution in [0.25, 0.3) is 0 Å². The van der Waals surface area contributed by atoms with E-state index in [-0.39, 0.29) is 5.60 Å². The van der Waals surface area contributed by atoms with E-state index in [0.717, 1.165) is 5.92 Å². The van der Waals surface area contributed by atoms with Crippen LogP contribution in [-0.4, -0.2) is 12.7 Å². The van der Waals surface area contributed by atoms with Gasteiger partial charge in [0.2, 0.25) is 0 Å². The van der Waals surface area contributed by atoms with E-state index < -0.39 is 0 Å². The summed E-state index contributed by atoms with van der Waals surface area (Å²) in [7, 11) is 1.80. The average Bonchev–Trinajstić information content (AvgIpc) is 1.60. The fourth-order valence-electron chi connectivity index (χ4n) is 1.27. The Bertz CT molecular complexity index is 92.7. The number of hydrogen-bond acceptors (Lipinski definition) is 1. The van der Waals surface area contributed by atoms with E-state index in [1.54, 1.807) is 7.11 Å². The van der Waals surface area contributed by atoms with Crippen LogP contribution in [0, 0.1) is 5.92 Å². The predicted molar refractivity (Wildman–Crippen MR) is 38.4 cm³/mol. The smallest absolute Gasteiger partial charge is 0.0650 e. The Morgan fingerprint density at radius 1 is 1.33 bits per heavy atom. The molecule has 1 nitrogen and oxygen atoms in total. The minimum Gasteiger partial charge on any atom is -0.379 e. The van der Waals surface area contributed by atoms with Gasteiger partial charge in [0.05, 0.1) is 5.60 Å². The van der Waals surface area contributed by atoms with Gasteiger partial charge in [0, 0.05) is 7.11 Å². The highest BCUT2D eigenvalue weighted by atomic mass is 16.5. The van der Waals surface area contributed by atoms with Gasteiger partial charge in [-0.3, -0.25) is 0 Å². The Kier molecular flexibility index (Phi) is 1.80. The number of rotatable bonds is 2. The SMILES string of the molecule is COC(C)(C)C1CCC1. The predicted octanol–water partition coefficient (Wildman–Crippen LogP) is 2.21. The highest BCUT2D eigenvalue weighted by Gasteiger charge is 2.33. The zero-order valence-corrected chi connectivity index (χ0v) is 6.61. The molecule has 0 aromatic heterocycles. The molecule has 0 aromatic rings. The maximum absolute atomic E-state index is 5.34. The number of ether oxygens (including phenoxy) is 1. The molecule has 1 aliphatic rings. The second kappa shape index (κ2) is 2.30. The molecule has 1 rings (SSSR count). The van der Waals surface area contributed by atoms with Gasteiger partial charge in [0.25, 0.3) is 0 Å². The summed E-state index contributed by atoms with van der Waals surface area (Å²) < 4.78 is 5.34. The first kappa shape index (κ1) is 7.07. The molecule has 1 aliphatic carbocycles. The third-order valence-corrected chi connectivity index (χ3v) is 2.61. The van der Waals surface area contributed by atoms with E-state index in [1.165, 1.54) is 19.3 Å². The van der Waals surface area contributed by atoms with Crippen molar-refractivity contribution in [2.24, 2.45) is 5.92 Å². The van der Waals surface area contributed by atoms with Crippen molar-refractivity contribution in [3.8, 4) is 0 Å². The molecule has 1 heteroatoms. The van der Waals surface area contributed by atoms with Crippen LogP contribution in [0.5, 0.6) is 0 Å². The topological polar surface area (TPSA) is 9.23 Å². The summed E-state index contributed by atoms with van der Waals surface area (Å²) in [5.41, 5.74) is 0.137.